The van der Waals surface area contributed by atoms with Crippen LogP contribution in [0.4, 0.5) is 5.69 Å². The smallest absolute Gasteiger partial charge is 0.284 e. The molecule has 1 aromatic rings. The van der Waals surface area contributed by atoms with Crippen LogP contribution in [0.5, 0.6) is 0 Å². The molecule has 1 aliphatic heterocycles. The first-order valence-electron chi connectivity index (χ1n) is 6.72. The standard InChI is InChI=1S/C14H17BrN2O3/c1-10-3-2-7-16(8-6-10)14(18)11-4-5-12(15)13(9-11)17(19)20/h4-5,9-10H,2-3,6-8H2,1H3. The van der Waals surface area contributed by atoms with E-state index in [4.69, 9.17) is 0 Å². The van der Waals surface area contributed by atoms with Gasteiger partial charge in [0.25, 0.3) is 11.6 Å². The normalized spacial score (nSPS) is 19.5. The Labute approximate surface area is 126 Å². The molecular weight excluding hydrogens is 324 g/mol. The number of nitrogens with zero attached hydrogens (tertiary/aromatic N) is 2. The van der Waals surface area contributed by atoms with Gasteiger partial charge in [0.2, 0.25) is 0 Å². The molecule has 1 amide bonds. The van der Waals surface area contributed by atoms with Crippen molar-refractivity contribution in [2.75, 3.05) is 13.1 Å². The van der Waals surface area contributed by atoms with Gasteiger partial charge in [0.15, 0.2) is 0 Å². The molecule has 0 N–H and O–H groups in total. The Hall–Kier alpha value is -1.43. The molecule has 1 unspecified atom stereocenters. The van der Waals surface area contributed by atoms with Crippen LogP contribution in [0.1, 0.15) is 36.5 Å². The molecule has 20 heavy (non-hydrogen) atoms. The number of nitro benzene ring substituents is 1. The molecule has 1 saturated heterocycles. The Morgan fingerprint density at radius 3 is 2.85 bits per heavy atom. The molecule has 2 rings (SSSR count). The van der Waals surface area contributed by atoms with E-state index in [9.17, 15) is 14.9 Å². The number of likely N-dealkylation sites (tertiary alicyclic amines) is 1. The van der Waals surface area contributed by atoms with Crippen LogP contribution in [0.25, 0.3) is 0 Å². The van der Waals surface area contributed by atoms with Gasteiger partial charge in [0.1, 0.15) is 0 Å². The van der Waals surface area contributed by atoms with E-state index in [2.05, 4.69) is 22.9 Å². The third-order valence-electron chi connectivity index (χ3n) is 3.69. The SMILES string of the molecule is CC1CCCN(C(=O)c2ccc(Br)c([N+](=O)[O-])c2)CC1. The summed E-state index contributed by atoms with van der Waals surface area (Å²) in [5.74, 6) is 0.516. The van der Waals surface area contributed by atoms with Gasteiger partial charge in [-0.05, 0) is 53.2 Å². The average molecular weight is 341 g/mol. The minimum absolute atomic E-state index is 0.0703. The summed E-state index contributed by atoms with van der Waals surface area (Å²) < 4.78 is 0.392. The molecule has 1 atom stereocenters. The number of carbonyl (C=O) groups is 1. The molecule has 6 heteroatoms. The van der Waals surface area contributed by atoms with E-state index >= 15 is 0 Å². The molecule has 0 radical (unpaired) electrons. The van der Waals surface area contributed by atoms with Crippen molar-refractivity contribution >= 4 is 27.5 Å². The minimum atomic E-state index is -0.481. The van der Waals surface area contributed by atoms with E-state index in [1.807, 2.05) is 0 Å². The van der Waals surface area contributed by atoms with Crippen LogP contribution >= 0.6 is 15.9 Å². The van der Waals surface area contributed by atoms with Crippen molar-refractivity contribution in [3.8, 4) is 0 Å². The van der Waals surface area contributed by atoms with Gasteiger partial charge >= 0.3 is 0 Å². The Morgan fingerprint density at radius 2 is 2.15 bits per heavy atom. The van der Waals surface area contributed by atoms with Crippen LogP contribution in [0.3, 0.4) is 0 Å². The number of rotatable bonds is 2. The number of benzene rings is 1. The van der Waals surface area contributed by atoms with Gasteiger partial charge in [-0.3, -0.25) is 14.9 Å². The number of nitro groups is 1. The number of halogens is 1. The maximum absolute atomic E-state index is 12.4. The molecule has 1 heterocycles. The number of amides is 1. The van der Waals surface area contributed by atoms with Gasteiger partial charge < -0.3 is 4.90 Å². The summed E-state index contributed by atoms with van der Waals surface area (Å²) in [6.07, 6.45) is 3.11. The van der Waals surface area contributed by atoms with Gasteiger partial charge in [0.05, 0.1) is 9.40 Å². The number of carbonyl (C=O) groups excluding carboxylic acids is 1. The lowest BCUT2D eigenvalue weighted by Crippen LogP contribution is -2.32. The minimum Gasteiger partial charge on any atom is -0.339 e. The monoisotopic (exact) mass is 340 g/mol. The van der Waals surface area contributed by atoms with Crippen LogP contribution in [0.15, 0.2) is 22.7 Å². The highest BCUT2D eigenvalue weighted by Crippen LogP contribution is 2.27. The summed E-state index contributed by atoms with van der Waals surface area (Å²) in [6.45, 7) is 3.65. The summed E-state index contributed by atoms with van der Waals surface area (Å²) in [7, 11) is 0. The zero-order valence-electron chi connectivity index (χ0n) is 11.3. The van der Waals surface area contributed by atoms with Gasteiger partial charge in [0, 0.05) is 24.7 Å². The summed E-state index contributed by atoms with van der Waals surface area (Å²) in [4.78, 5) is 24.7. The maximum atomic E-state index is 12.4. The van der Waals surface area contributed by atoms with Crippen LogP contribution in [0.2, 0.25) is 0 Å². The largest absolute Gasteiger partial charge is 0.339 e. The van der Waals surface area contributed by atoms with Crippen LogP contribution in [0, 0.1) is 16.0 Å². The Morgan fingerprint density at radius 1 is 1.40 bits per heavy atom. The summed E-state index contributed by atoms with van der Waals surface area (Å²) in [6, 6.07) is 4.54. The van der Waals surface area contributed by atoms with E-state index < -0.39 is 4.92 Å². The van der Waals surface area contributed by atoms with E-state index in [0.717, 1.165) is 32.4 Å². The fourth-order valence-electron chi connectivity index (χ4n) is 2.43. The quantitative estimate of drug-likeness (QED) is 0.610. The van der Waals surface area contributed by atoms with Crippen molar-refractivity contribution in [3.63, 3.8) is 0 Å². The highest BCUT2D eigenvalue weighted by molar-refractivity contribution is 9.10. The van der Waals surface area contributed by atoms with Crippen molar-refractivity contribution in [1.29, 1.82) is 0 Å². The first kappa shape index (κ1) is 15.0. The average Bonchev–Trinajstić information content (AvgIpc) is 2.63. The second kappa shape index (κ2) is 6.35. The zero-order chi connectivity index (χ0) is 14.7. The molecule has 1 aliphatic rings. The topological polar surface area (TPSA) is 63.5 Å². The molecule has 0 saturated carbocycles. The molecule has 1 aromatic carbocycles. The predicted molar refractivity (Wildman–Crippen MR) is 79.7 cm³/mol. The fourth-order valence-corrected chi connectivity index (χ4v) is 2.83. The third-order valence-corrected chi connectivity index (χ3v) is 4.36. The summed E-state index contributed by atoms with van der Waals surface area (Å²) >= 11 is 3.13. The van der Waals surface area contributed by atoms with E-state index in [-0.39, 0.29) is 11.6 Å². The highest BCUT2D eigenvalue weighted by atomic mass is 79.9. The van der Waals surface area contributed by atoms with Gasteiger partial charge in [-0.15, -0.1) is 0 Å². The molecule has 0 bridgehead atoms. The Balaban J connectivity index is 2.20. The van der Waals surface area contributed by atoms with Crippen molar-refractivity contribution in [1.82, 2.24) is 4.90 Å². The predicted octanol–water partition coefficient (Wildman–Crippen LogP) is 3.62. The summed E-state index contributed by atoms with van der Waals surface area (Å²) in [5, 5.41) is 10.9. The lowest BCUT2D eigenvalue weighted by Gasteiger charge is -2.20. The molecular formula is C14H17BrN2O3. The summed E-state index contributed by atoms with van der Waals surface area (Å²) in [5.41, 5.74) is 0.313. The van der Waals surface area contributed by atoms with E-state index in [1.54, 1.807) is 17.0 Å². The zero-order valence-corrected chi connectivity index (χ0v) is 12.9. The van der Waals surface area contributed by atoms with Gasteiger partial charge in [-0.1, -0.05) is 6.92 Å². The lowest BCUT2D eigenvalue weighted by atomic mass is 10.0. The molecule has 0 aromatic heterocycles. The molecule has 108 valence electrons. The van der Waals surface area contributed by atoms with Gasteiger partial charge in [-0.2, -0.15) is 0 Å². The molecule has 1 fully saturated rings. The Bertz CT molecular complexity index is 533. The van der Waals surface area contributed by atoms with Crippen LogP contribution in [-0.2, 0) is 0 Å². The van der Waals surface area contributed by atoms with Crippen LogP contribution < -0.4 is 0 Å². The third kappa shape index (κ3) is 3.36. The molecule has 5 nitrogen and oxygen atoms in total. The van der Waals surface area contributed by atoms with Crippen LogP contribution in [-0.4, -0.2) is 28.8 Å². The molecule has 0 aliphatic carbocycles. The number of hydrogen-bond donors (Lipinski definition) is 0. The second-order valence-corrected chi connectivity index (χ2v) is 6.11. The maximum Gasteiger partial charge on any atom is 0.284 e. The van der Waals surface area contributed by atoms with Crippen molar-refractivity contribution < 1.29 is 9.72 Å². The Kier molecular flexibility index (Phi) is 4.75. The second-order valence-electron chi connectivity index (χ2n) is 5.25. The van der Waals surface area contributed by atoms with E-state index in [1.165, 1.54) is 6.07 Å². The first-order chi connectivity index (χ1) is 9.49. The fraction of sp³-hybridized carbons (Fsp3) is 0.500. The number of hydrogen-bond acceptors (Lipinski definition) is 3. The first-order valence-corrected chi connectivity index (χ1v) is 7.51. The van der Waals surface area contributed by atoms with Crippen molar-refractivity contribution in [2.45, 2.75) is 26.2 Å². The lowest BCUT2D eigenvalue weighted by molar-refractivity contribution is -0.385. The van der Waals surface area contributed by atoms with Crippen molar-refractivity contribution in [3.05, 3.63) is 38.3 Å². The highest BCUT2D eigenvalue weighted by Gasteiger charge is 2.22. The van der Waals surface area contributed by atoms with Gasteiger partial charge in [-0.25, -0.2) is 0 Å². The van der Waals surface area contributed by atoms with E-state index in [0.29, 0.717) is 16.0 Å². The molecule has 0 spiro atoms. The van der Waals surface area contributed by atoms with Crippen molar-refractivity contribution in [2.24, 2.45) is 5.92 Å².